The monoisotopic (exact) mass is 335 g/mol. The third kappa shape index (κ3) is 2.14. The molecule has 0 amide bonds. The van der Waals surface area contributed by atoms with E-state index < -0.39 is 0 Å². The van der Waals surface area contributed by atoms with E-state index >= 15 is 0 Å². The number of nitrogens with two attached hydrogens (primary N) is 1. The highest BCUT2D eigenvalue weighted by Gasteiger charge is 2.49. The zero-order valence-corrected chi connectivity index (χ0v) is 13.7. The summed E-state index contributed by atoms with van der Waals surface area (Å²) in [6.45, 7) is 5.55. The summed E-state index contributed by atoms with van der Waals surface area (Å²) in [6, 6.07) is 8.41. The van der Waals surface area contributed by atoms with Crippen LogP contribution >= 0.6 is 15.9 Å². The average molecular weight is 336 g/mol. The van der Waals surface area contributed by atoms with E-state index in [1.54, 1.807) is 0 Å². The summed E-state index contributed by atoms with van der Waals surface area (Å²) in [4.78, 5) is 6.87. The number of anilines is 1. The molecule has 2 N–H and O–H groups in total. The minimum Gasteiger partial charge on any atom is -0.369 e. The second-order valence-electron chi connectivity index (χ2n) is 6.37. The quantitative estimate of drug-likeness (QED) is 0.848. The predicted octanol–water partition coefficient (Wildman–Crippen LogP) is 3.78. The van der Waals surface area contributed by atoms with Gasteiger partial charge in [-0.25, -0.2) is 0 Å². The molecular formula is C16H22BrN3. The van der Waals surface area contributed by atoms with Gasteiger partial charge in [0.05, 0.1) is 12.1 Å². The number of hydrogen-bond acceptors (Lipinski definition) is 3. The van der Waals surface area contributed by atoms with E-state index in [0.717, 1.165) is 22.6 Å². The van der Waals surface area contributed by atoms with Gasteiger partial charge < -0.3 is 10.6 Å². The molecule has 4 heteroatoms. The standard InChI is InChI=1S/C16H22BrN3/c1-11-7-8-16(12(2)9-11)10-19-15(18)20(16)14-5-3-13(17)4-6-14/h3-6,11-12H,7-10H2,1-2H3,(H2,18,19). The van der Waals surface area contributed by atoms with Gasteiger partial charge in [0.15, 0.2) is 5.96 Å². The van der Waals surface area contributed by atoms with E-state index in [1.165, 1.54) is 19.3 Å². The van der Waals surface area contributed by atoms with Crippen LogP contribution in [0.1, 0.15) is 33.1 Å². The van der Waals surface area contributed by atoms with Crippen LogP contribution in [0.5, 0.6) is 0 Å². The molecule has 1 aliphatic heterocycles. The molecule has 1 aromatic rings. The Kier molecular flexibility index (Phi) is 3.53. The van der Waals surface area contributed by atoms with Gasteiger partial charge >= 0.3 is 0 Å². The molecule has 1 saturated carbocycles. The van der Waals surface area contributed by atoms with E-state index in [0.29, 0.717) is 11.9 Å². The van der Waals surface area contributed by atoms with Crippen LogP contribution in [0.25, 0.3) is 0 Å². The van der Waals surface area contributed by atoms with Gasteiger partial charge in [0.25, 0.3) is 0 Å². The summed E-state index contributed by atoms with van der Waals surface area (Å²) in [5.41, 5.74) is 7.46. The van der Waals surface area contributed by atoms with Crippen molar-refractivity contribution in [3.05, 3.63) is 28.7 Å². The van der Waals surface area contributed by atoms with Crippen LogP contribution in [0, 0.1) is 11.8 Å². The fraction of sp³-hybridized carbons (Fsp3) is 0.562. The van der Waals surface area contributed by atoms with E-state index in [1.807, 2.05) is 0 Å². The molecule has 1 fully saturated rings. The number of hydrogen-bond donors (Lipinski definition) is 1. The SMILES string of the molecule is CC1CCC2(CN=C(N)N2c2ccc(Br)cc2)C(C)C1. The van der Waals surface area contributed by atoms with E-state index in [2.05, 4.69) is 63.9 Å². The lowest BCUT2D eigenvalue weighted by atomic mass is 9.69. The predicted molar refractivity (Wildman–Crippen MR) is 88.0 cm³/mol. The molecule has 108 valence electrons. The minimum absolute atomic E-state index is 0.0877. The highest BCUT2D eigenvalue weighted by molar-refractivity contribution is 9.10. The normalized spacial score (nSPS) is 33.5. The Balaban J connectivity index is 1.97. The van der Waals surface area contributed by atoms with Gasteiger partial charge in [-0.15, -0.1) is 0 Å². The van der Waals surface area contributed by atoms with Gasteiger partial charge in [0.1, 0.15) is 0 Å². The number of guanidine groups is 1. The van der Waals surface area contributed by atoms with Crippen molar-refractivity contribution in [2.45, 2.75) is 38.6 Å². The zero-order valence-electron chi connectivity index (χ0n) is 12.1. The molecule has 1 spiro atoms. The first-order chi connectivity index (χ1) is 9.53. The van der Waals surface area contributed by atoms with Crippen molar-refractivity contribution in [2.24, 2.45) is 22.6 Å². The molecule has 1 heterocycles. The number of halogens is 1. The molecule has 0 aromatic heterocycles. The molecule has 0 radical (unpaired) electrons. The third-order valence-corrected chi connectivity index (χ3v) is 5.55. The van der Waals surface area contributed by atoms with Crippen LogP contribution in [0.4, 0.5) is 5.69 Å². The van der Waals surface area contributed by atoms with E-state index in [4.69, 9.17) is 5.73 Å². The summed E-state index contributed by atoms with van der Waals surface area (Å²) in [7, 11) is 0. The smallest absolute Gasteiger partial charge is 0.196 e. The Labute approximate surface area is 129 Å². The van der Waals surface area contributed by atoms with E-state index in [9.17, 15) is 0 Å². The first kappa shape index (κ1) is 13.9. The fourth-order valence-corrected chi connectivity index (χ4v) is 4.08. The highest BCUT2D eigenvalue weighted by atomic mass is 79.9. The van der Waals surface area contributed by atoms with Crippen molar-refractivity contribution >= 4 is 27.6 Å². The van der Waals surface area contributed by atoms with Gasteiger partial charge in [-0.05, 0) is 55.4 Å². The minimum atomic E-state index is 0.0877. The summed E-state index contributed by atoms with van der Waals surface area (Å²) < 4.78 is 1.09. The molecule has 1 aromatic carbocycles. The van der Waals surface area contributed by atoms with Gasteiger partial charge in [0, 0.05) is 10.2 Å². The molecule has 3 unspecified atom stereocenters. The number of rotatable bonds is 1. The number of nitrogens with zero attached hydrogens (tertiary/aromatic N) is 2. The lowest BCUT2D eigenvalue weighted by molar-refractivity contribution is 0.180. The molecule has 1 aliphatic carbocycles. The molecular weight excluding hydrogens is 314 g/mol. The Hall–Kier alpha value is -1.03. The summed E-state index contributed by atoms with van der Waals surface area (Å²) in [6.07, 6.45) is 3.70. The Bertz CT molecular complexity index is 525. The Morgan fingerprint density at radius 3 is 2.65 bits per heavy atom. The maximum atomic E-state index is 6.22. The molecule has 0 saturated heterocycles. The molecule has 2 aliphatic rings. The largest absolute Gasteiger partial charge is 0.369 e. The van der Waals surface area contributed by atoms with Gasteiger partial charge in [-0.1, -0.05) is 29.8 Å². The Morgan fingerprint density at radius 1 is 1.30 bits per heavy atom. The third-order valence-electron chi connectivity index (χ3n) is 5.02. The fourth-order valence-electron chi connectivity index (χ4n) is 3.82. The van der Waals surface area contributed by atoms with Crippen LogP contribution in [-0.2, 0) is 0 Å². The molecule has 3 nitrogen and oxygen atoms in total. The van der Waals surface area contributed by atoms with Gasteiger partial charge in [0.2, 0.25) is 0 Å². The topological polar surface area (TPSA) is 41.6 Å². The molecule has 3 atom stereocenters. The summed E-state index contributed by atoms with van der Waals surface area (Å²) in [5.74, 6) is 2.10. The summed E-state index contributed by atoms with van der Waals surface area (Å²) >= 11 is 3.50. The van der Waals surface area contributed by atoms with Crippen molar-refractivity contribution in [1.29, 1.82) is 0 Å². The van der Waals surface area contributed by atoms with Crippen LogP contribution in [0.3, 0.4) is 0 Å². The van der Waals surface area contributed by atoms with Crippen molar-refractivity contribution in [3.8, 4) is 0 Å². The highest BCUT2D eigenvalue weighted by Crippen LogP contribution is 2.45. The van der Waals surface area contributed by atoms with Crippen LogP contribution in [-0.4, -0.2) is 18.0 Å². The maximum Gasteiger partial charge on any atom is 0.196 e. The molecule has 0 bridgehead atoms. The lowest BCUT2D eigenvalue weighted by Gasteiger charge is -2.48. The first-order valence-corrected chi connectivity index (χ1v) is 8.18. The number of benzene rings is 1. The van der Waals surface area contributed by atoms with E-state index in [-0.39, 0.29) is 5.54 Å². The molecule has 20 heavy (non-hydrogen) atoms. The maximum absolute atomic E-state index is 6.22. The van der Waals surface area contributed by atoms with Crippen LogP contribution < -0.4 is 10.6 Å². The first-order valence-electron chi connectivity index (χ1n) is 7.38. The van der Waals surface area contributed by atoms with Crippen molar-refractivity contribution in [3.63, 3.8) is 0 Å². The zero-order chi connectivity index (χ0) is 14.3. The van der Waals surface area contributed by atoms with Crippen molar-refractivity contribution in [1.82, 2.24) is 0 Å². The van der Waals surface area contributed by atoms with Crippen molar-refractivity contribution < 1.29 is 0 Å². The molecule has 3 rings (SSSR count). The second kappa shape index (κ2) is 5.06. The summed E-state index contributed by atoms with van der Waals surface area (Å²) in [5, 5.41) is 0. The van der Waals surface area contributed by atoms with Crippen LogP contribution in [0.2, 0.25) is 0 Å². The van der Waals surface area contributed by atoms with Crippen LogP contribution in [0.15, 0.2) is 33.7 Å². The Morgan fingerprint density at radius 2 is 2.00 bits per heavy atom. The second-order valence-corrected chi connectivity index (χ2v) is 7.29. The lowest BCUT2D eigenvalue weighted by Crippen LogP contribution is -2.58. The van der Waals surface area contributed by atoms with Crippen molar-refractivity contribution in [2.75, 3.05) is 11.4 Å². The van der Waals surface area contributed by atoms with Gasteiger partial charge in [-0.2, -0.15) is 0 Å². The number of aliphatic imine (C=N–C) groups is 1. The average Bonchev–Trinajstić information content (AvgIpc) is 2.74. The van der Waals surface area contributed by atoms with Gasteiger partial charge in [-0.3, -0.25) is 4.99 Å².